The highest BCUT2D eigenvalue weighted by molar-refractivity contribution is 9.15. The van der Waals surface area contributed by atoms with Crippen LogP contribution in [0.15, 0.2) is 24.0 Å². The van der Waals surface area contributed by atoms with Crippen LogP contribution in [0.4, 0.5) is 0 Å². The number of hydrogen-bond donors (Lipinski definition) is 0. The van der Waals surface area contributed by atoms with Gasteiger partial charge in [-0.25, -0.2) is 0 Å². The summed E-state index contributed by atoms with van der Waals surface area (Å²) in [6.07, 6.45) is 1.05. The van der Waals surface area contributed by atoms with Crippen LogP contribution in [0.5, 0.6) is 0 Å². The van der Waals surface area contributed by atoms with Gasteiger partial charge in [-0.1, -0.05) is 22.9 Å². The smallest absolute Gasteiger partial charge is 0.0474 e. The van der Waals surface area contributed by atoms with Crippen molar-refractivity contribution in [3.05, 3.63) is 29.5 Å². The predicted molar refractivity (Wildman–Crippen MR) is 79.2 cm³/mol. The second-order valence-corrected chi connectivity index (χ2v) is 7.10. The zero-order valence-corrected chi connectivity index (χ0v) is 15.2. The number of halogens is 5. The molecule has 0 spiro atoms. The van der Waals surface area contributed by atoms with E-state index in [9.17, 15) is 0 Å². The summed E-state index contributed by atoms with van der Waals surface area (Å²) in [7, 11) is 0. The van der Waals surface area contributed by atoms with Crippen molar-refractivity contribution in [3.8, 4) is 0 Å². The van der Waals surface area contributed by atoms with Gasteiger partial charge in [-0.05, 0) is 81.8 Å². The zero-order chi connectivity index (χ0) is 10.9. The molecule has 1 unspecified atom stereocenters. The summed E-state index contributed by atoms with van der Waals surface area (Å²) in [5.74, 6) is 0. The second-order valence-electron chi connectivity index (χ2n) is 2.77. The Morgan fingerprint density at radius 1 is 1.07 bits per heavy atom. The van der Waals surface area contributed by atoms with Crippen molar-refractivity contribution in [2.45, 2.75) is 18.2 Å². The molecular weight excluding hydrogens is 508 g/mol. The van der Waals surface area contributed by atoms with Crippen LogP contribution in [-0.4, -0.2) is 0 Å². The first-order valence-corrected chi connectivity index (χ1v) is 8.04. The molecule has 5 heteroatoms. The first kappa shape index (κ1) is 13.7. The third-order valence-electron chi connectivity index (χ3n) is 1.83. The lowest BCUT2D eigenvalue weighted by Crippen LogP contribution is -1.91. The van der Waals surface area contributed by atoms with Crippen LogP contribution in [0.2, 0.25) is 0 Å². The molecule has 1 aromatic rings. The number of hydrogen-bond acceptors (Lipinski definition) is 0. The summed E-state index contributed by atoms with van der Waals surface area (Å²) in [5, 5.41) is 0. The van der Waals surface area contributed by atoms with Crippen molar-refractivity contribution in [2.24, 2.45) is 0 Å². The van der Waals surface area contributed by atoms with Gasteiger partial charge in [-0.2, -0.15) is 0 Å². The Labute approximate surface area is 126 Å². The highest BCUT2D eigenvalue weighted by Crippen LogP contribution is 2.43. The molecule has 78 valence electrons. The molecule has 14 heavy (non-hydrogen) atoms. The molecule has 0 fully saturated rings. The van der Waals surface area contributed by atoms with Gasteiger partial charge in [0.1, 0.15) is 0 Å². The van der Waals surface area contributed by atoms with Crippen molar-refractivity contribution in [1.82, 2.24) is 0 Å². The van der Waals surface area contributed by atoms with Crippen LogP contribution < -0.4 is 0 Å². The summed E-state index contributed by atoms with van der Waals surface area (Å²) in [5.41, 5.74) is 1.24. The lowest BCUT2D eigenvalue weighted by Gasteiger charge is -2.13. The van der Waals surface area contributed by atoms with Gasteiger partial charge in [0.05, 0.1) is 0 Å². The molecule has 1 aromatic carbocycles. The molecule has 0 aliphatic rings. The van der Waals surface area contributed by atoms with Crippen molar-refractivity contribution in [1.29, 1.82) is 0 Å². The van der Waals surface area contributed by atoms with Gasteiger partial charge in [-0.3, -0.25) is 0 Å². The average molecular weight is 515 g/mol. The number of benzene rings is 1. The molecule has 0 heterocycles. The normalized spacial score (nSPS) is 13.0. The van der Waals surface area contributed by atoms with Gasteiger partial charge >= 0.3 is 0 Å². The molecule has 1 atom stereocenters. The Morgan fingerprint density at radius 3 is 2.14 bits per heavy atom. The van der Waals surface area contributed by atoms with E-state index in [1.54, 1.807) is 0 Å². The first-order valence-electron chi connectivity index (χ1n) is 3.96. The molecular formula is C9H7Br5. The van der Waals surface area contributed by atoms with Crippen molar-refractivity contribution in [3.63, 3.8) is 0 Å². The standard InChI is InChI=1S/C9H7Br5/c1-2-5(10)4-3-6(11)8(13)9(14)7(4)12/h3,5H,2H2,1H3. The summed E-state index contributed by atoms with van der Waals surface area (Å²) in [6, 6.07) is 2.11. The average Bonchev–Trinajstić information content (AvgIpc) is 2.19. The summed E-state index contributed by atoms with van der Waals surface area (Å²) >= 11 is 17.8. The van der Waals surface area contributed by atoms with E-state index in [-0.39, 0.29) is 0 Å². The van der Waals surface area contributed by atoms with E-state index >= 15 is 0 Å². The van der Waals surface area contributed by atoms with Gasteiger partial charge in [0, 0.05) is 22.7 Å². The Morgan fingerprint density at radius 2 is 1.64 bits per heavy atom. The third kappa shape index (κ3) is 2.84. The van der Waals surface area contributed by atoms with E-state index in [0.717, 1.165) is 24.3 Å². The Balaban J connectivity index is 3.33. The maximum atomic E-state index is 3.64. The van der Waals surface area contributed by atoms with Gasteiger partial charge in [0.2, 0.25) is 0 Å². The van der Waals surface area contributed by atoms with E-state index < -0.39 is 0 Å². The van der Waals surface area contributed by atoms with E-state index in [4.69, 9.17) is 0 Å². The van der Waals surface area contributed by atoms with Crippen LogP contribution in [0.1, 0.15) is 23.7 Å². The van der Waals surface area contributed by atoms with Crippen LogP contribution >= 0.6 is 79.6 Å². The monoisotopic (exact) mass is 510 g/mol. The van der Waals surface area contributed by atoms with Crippen molar-refractivity contribution >= 4 is 79.6 Å². The van der Waals surface area contributed by atoms with Crippen LogP contribution in [0.25, 0.3) is 0 Å². The summed E-state index contributed by atoms with van der Waals surface area (Å²) in [4.78, 5) is 0.373. The van der Waals surface area contributed by atoms with E-state index in [0.29, 0.717) is 4.83 Å². The minimum Gasteiger partial charge on any atom is -0.0838 e. The highest BCUT2D eigenvalue weighted by atomic mass is 79.9. The minimum atomic E-state index is 0.373. The SMILES string of the molecule is CCC(Br)c1cc(Br)c(Br)c(Br)c1Br. The first-order chi connectivity index (χ1) is 6.49. The highest BCUT2D eigenvalue weighted by Gasteiger charge is 2.15. The molecule has 0 aliphatic heterocycles. The lowest BCUT2D eigenvalue weighted by atomic mass is 10.1. The Bertz CT molecular complexity index is 348. The minimum absolute atomic E-state index is 0.373. The summed E-state index contributed by atoms with van der Waals surface area (Å²) in [6.45, 7) is 2.15. The molecule has 0 aromatic heterocycles. The quantitative estimate of drug-likeness (QED) is 0.238. The molecule has 0 nitrogen and oxygen atoms in total. The molecule has 0 saturated carbocycles. The van der Waals surface area contributed by atoms with Crippen LogP contribution in [0, 0.1) is 0 Å². The number of alkyl halides is 1. The predicted octanol–water partition coefficient (Wildman–Crippen LogP) is 6.58. The fourth-order valence-electron chi connectivity index (χ4n) is 1.04. The van der Waals surface area contributed by atoms with E-state index in [1.165, 1.54) is 5.56 Å². The second kappa shape index (κ2) is 5.80. The van der Waals surface area contributed by atoms with Gasteiger partial charge in [-0.15, -0.1) is 0 Å². The largest absolute Gasteiger partial charge is 0.0838 e. The molecule has 0 amide bonds. The van der Waals surface area contributed by atoms with Gasteiger partial charge in [0.15, 0.2) is 0 Å². The maximum Gasteiger partial charge on any atom is 0.0474 e. The van der Waals surface area contributed by atoms with Gasteiger partial charge < -0.3 is 0 Å². The maximum absolute atomic E-state index is 3.64. The fraction of sp³-hybridized carbons (Fsp3) is 0.333. The topological polar surface area (TPSA) is 0 Å². The Kier molecular flexibility index (Phi) is 5.67. The van der Waals surface area contributed by atoms with Crippen LogP contribution in [0.3, 0.4) is 0 Å². The Hall–Kier alpha value is 1.62. The zero-order valence-electron chi connectivity index (χ0n) is 7.25. The van der Waals surface area contributed by atoms with Gasteiger partial charge in [0.25, 0.3) is 0 Å². The molecule has 0 radical (unpaired) electrons. The molecule has 0 saturated heterocycles. The fourth-order valence-corrected chi connectivity index (χ4v) is 4.03. The molecule has 0 aliphatic carbocycles. The van der Waals surface area contributed by atoms with E-state index in [1.807, 2.05) is 0 Å². The van der Waals surface area contributed by atoms with Crippen molar-refractivity contribution < 1.29 is 0 Å². The molecule has 0 N–H and O–H groups in total. The third-order valence-corrected chi connectivity index (χ3v) is 7.66. The lowest BCUT2D eigenvalue weighted by molar-refractivity contribution is 0.903. The molecule has 1 rings (SSSR count). The van der Waals surface area contributed by atoms with E-state index in [2.05, 4.69) is 92.6 Å². The summed E-state index contributed by atoms with van der Waals surface area (Å²) < 4.78 is 4.22. The van der Waals surface area contributed by atoms with Crippen LogP contribution in [-0.2, 0) is 0 Å². The number of rotatable bonds is 2. The molecule has 0 bridgehead atoms. The van der Waals surface area contributed by atoms with Crippen molar-refractivity contribution in [2.75, 3.05) is 0 Å².